The summed E-state index contributed by atoms with van der Waals surface area (Å²) in [6.07, 6.45) is 1.98. The highest BCUT2D eigenvalue weighted by atomic mass is 16.6. The quantitative estimate of drug-likeness (QED) is 0.596. The average molecular weight is 250 g/mol. The van der Waals surface area contributed by atoms with Gasteiger partial charge in [-0.2, -0.15) is 0 Å². The van der Waals surface area contributed by atoms with E-state index < -0.39 is 4.92 Å². The summed E-state index contributed by atoms with van der Waals surface area (Å²) in [5.41, 5.74) is 1.05. The zero-order chi connectivity index (χ0) is 13.7. The molecule has 0 bridgehead atoms. The van der Waals surface area contributed by atoms with E-state index in [0.717, 1.165) is 12.8 Å². The number of nitro groups is 1. The van der Waals surface area contributed by atoms with Gasteiger partial charge in [-0.05, 0) is 25.5 Å². The SMILES string of the molecule is CCCCN(C)C(=O)c1ccc([N+](=O)[O-])c(C)c1. The van der Waals surface area contributed by atoms with Crippen molar-refractivity contribution in [2.24, 2.45) is 0 Å². The highest BCUT2D eigenvalue weighted by Crippen LogP contribution is 2.19. The summed E-state index contributed by atoms with van der Waals surface area (Å²) in [5.74, 6) is -0.0959. The van der Waals surface area contributed by atoms with Crippen LogP contribution in [-0.4, -0.2) is 29.3 Å². The van der Waals surface area contributed by atoms with Crippen molar-refractivity contribution in [1.29, 1.82) is 0 Å². The third kappa shape index (κ3) is 3.29. The lowest BCUT2D eigenvalue weighted by molar-refractivity contribution is -0.385. The van der Waals surface area contributed by atoms with Crippen LogP contribution in [0.1, 0.15) is 35.7 Å². The Hall–Kier alpha value is -1.91. The van der Waals surface area contributed by atoms with Crippen molar-refractivity contribution in [1.82, 2.24) is 4.90 Å². The fraction of sp³-hybridized carbons (Fsp3) is 0.462. The van der Waals surface area contributed by atoms with Gasteiger partial charge in [-0.15, -0.1) is 0 Å². The molecule has 0 heterocycles. The van der Waals surface area contributed by atoms with Crippen molar-refractivity contribution >= 4 is 11.6 Å². The second-order valence-corrected chi connectivity index (χ2v) is 4.34. The molecule has 5 nitrogen and oxygen atoms in total. The van der Waals surface area contributed by atoms with Crippen LogP contribution in [0.15, 0.2) is 18.2 Å². The molecule has 0 aliphatic heterocycles. The molecule has 1 aromatic carbocycles. The van der Waals surface area contributed by atoms with Crippen LogP contribution < -0.4 is 0 Å². The molecule has 0 aliphatic rings. The van der Waals surface area contributed by atoms with Crippen LogP contribution in [-0.2, 0) is 0 Å². The Balaban J connectivity index is 2.87. The Kier molecular flexibility index (Phi) is 4.83. The molecule has 0 unspecified atom stereocenters. The van der Waals surface area contributed by atoms with Gasteiger partial charge in [0.05, 0.1) is 4.92 Å². The van der Waals surface area contributed by atoms with E-state index >= 15 is 0 Å². The molecule has 18 heavy (non-hydrogen) atoms. The maximum Gasteiger partial charge on any atom is 0.272 e. The Morgan fingerprint density at radius 1 is 1.44 bits per heavy atom. The zero-order valence-corrected chi connectivity index (χ0v) is 11.0. The van der Waals surface area contributed by atoms with Crippen molar-refractivity contribution in [2.75, 3.05) is 13.6 Å². The maximum atomic E-state index is 12.0. The van der Waals surface area contributed by atoms with Crippen LogP contribution in [0.3, 0.4) is 0 Å². The minimum atomic E-state index is -0.440. The van der Waals surface area contributed by atoms with Crippen molar-refractivity contribution in [3.63, 3.8) is 0 Å². The molecule has 1 rings (SSSR count). The summed E-state index contributed by atoms with van der Waals surface area (Å²) in [6, 6.07) is 4.47. The summed E-state index contributed by atoms with van der Waals surface area (Å²) in [5, 5.41) is 10.7. The van der Waals surface area contributed by atoms with Gasteiger partial charge < -0.3 is 4.90 Å². The highest BCUT2D eigenvalue weighted by Gasteiger charge is 2.15. The first kappa shape index (κ1) is 14.2. The summed E-state index contributed by atoms with van der Waals surface area (Å²) in [4.78, 5) is 23.9. The second kappa shape index (κ2) is 6.14. The van der Waals surface area contributed by atoms with Crippen molar-refractivity contribution in [3.05, 3.63) is 39.4 Å². The predicted molar refractivity (Wildman–Crippen MR) is 69.7 cm³/mol. The molecule has 0 spiro atoms. The number of amides is 1. The molecule has 1 aromatic rings. The Labute approximate surface area is 107 Å². The van der Waals surface area contributed by atoms with Crippen molar-refractivity contribution in [2.45, 2.75) is 26.7 Å². The number of aryl methyl sites for hydroxylation is 1. The maximum absolute atomic E-state index is 12.0. The third-order valence-corrected chi connectivity index (χ3v) is 2.83. The Bertz CT molecular complexity index is 458. The Morgan fingerprint density at radius 3 is 2.61 bits per heavy atom. The van der Waals surface area contributed by atoms with E-state index in [4.69, 9.17) is 0 Å². The van der Waals surface area contributed by atoms with Crippen molar-refractivity contribution < 1.29 is 9.72 Å². The average Bonchev–Trinajstić information content (AvgIpc) is 2.34. The number of carbonyl (C=O) groups is 1. The van der Waals surface area contributed by atoms with Crippen LogP contribution in [0.25, 0.3) is 0 Å². The minimum absolute atomic E-state index is 0.0442. The molecule has 5 heteroatoms. The van der Waals surface area contributed by atoms with Crippen LogP contribution in [0, 0.1) is 17.0 Å². The summed E-state index contributed by atoms with van der Waals surface area (Å²) >= 11 is 0. The molecule has 0 aromatic heterocycles. The van der Waals surface area contributed by atoms with Gasteiger partial charge in [0, 0.05) is 30.8 Å². The molecular weight excluding hydrogens is 232 g/mol. The summed E-state index contributed by atoms with van der Waals surface area (Å²) in [6.45, 7) is 4.40. The molecule has 0 fully saturated rings. The molecule has 0 atom stereocenters. The Morgan fingerprint density at radius 2 is 2.11 bits per heavy atom. The molecule has 0 aliphatic carbocycles. The second-order valence-electron chi connectivity index (χ2n) is 4.34. The summed E-state index contributed by atoms with van der Waals surface area (Å²) in [7, 11) is 1.74. The van der Waals surface area contributed by atoms with Gasteiger partial charge >= 0.3 is 0 Å². The van der Waals surface area contributed by atoms with Gasteiger partial charge in [0.15, 0.2) is 0 Å². The number of rotatable bonds is 5. The number of unbranched alkanes of at least 4 members (excludes halogenated alkanes) is 1. The molecule has 0 saturated heterocycles. The first-order chi connectivity index (χ1) is 8.47. The van der Waals surface area contributed by atoms with E-state index in [1.54, 1.807) is 24.9 Å². The van der Waals surface area contributed by atoms with E-state index in [9.17, 15) is 14.9 Å². The van der Waals surface area contributed by atoms with Crippen LogP contribution in [0.4, 0.5) is 5.69 Å². The van der Waals surface area contributed by atoms with E-state index in [1.807, 2.05) is 0 Å². The van der Waals surface area contributed by atoms with Crippen molar-refractivity contribution in [3.8, 4) is 0 Å². The monoisotopic (exact) mass is 250 g/mol. The topological polar surface area (TPSA) is 63.5 Å². The van der Waals surface area contributed by atoms with Crippen LogP contribution in [0.5, 0.6) is 0 Å². The first-order valence-corrected chi connectivity index (χ1v) is 5.98. The molecule has 0 N–H and O–H groups in total. The predicted octanol–water partition coefficient (Wildman–Crippen LogP) is 2.78. The number of nitro benzene ring substituents is 1. The van der Waals surface area contributed by atoms with E-state index in [1.165, 1.54) is 12.1 Å². The van der Waals surface area contributed by atoms with E-state index in [-0.39, 0.29) is 11.6 Å². The molecule has 0 saturated carbocycles. The molecule has 98 valence electrons. The minimum Gasteiger partial charge on any atom is -0.342 e. The molecule has 1 amide bonds. The lowest BCUT2D eigenvalue weighted by Gasteiger charge is -2.16. The third-order valence-electron chi connectivity index (χ3n) is 2.83. The smallest absolute Gasteiger partial charge is 0.272 e. The number of hydrogen-bond acceptors (Lipinski definition) is 3. The van der Waals surface area contributed by atoms with Crippen LogP contribution in [0.2, 0.25) is 0 Å². The van der Waals surface area contributed by atoms with Crippen LogP contribution >= 0.6 is 0 Å². The van der Waals surface area contributed by atoms with Gasteiger partial charge in [0.1, 0.15) is 0 Å². The molecule has 0 radical (unpaired) electrons. The van der Waals surface area contributed by atoms with Gasteiger partial charge in [-0.1, -0.05) is 13.3 Å². The summed E-state index contributed by atoms with van der Waals surface area (Å²) < 4.78 is 0. The number of benzene rings is 1. The van der Waals surface area contributed by atoms with Gasteiger partial charge in [0.2, 0.25) is 0 Å². The van der Waals surface area contributed by atoms with Gasteiger partial charge in [-0.3, -0.25) is 14.9 Å². The lowest BCUT2D eigenvalue weighted by Crippen LogP contribution is -2.27. The largest absolute Gasteiger partial charge is 0.342 e. The molecular formula is C13H18N2O3. The number of nitrogens with zero attached hydrogens (tertiary/aromatic N) is 2. The number of carbonyl (C=O) groups excluding carboxylic acids is 1. The fourth-order valence-electron chi connectivity index (χ4n) is 1.71. The van der Waals surface area contributed by atoms with Gasteiger partial charge in [-0.25, -0.2) is 0 Å². The van der Waals surface area contributed by atoms with E-state index in [2.05, 4.69) is 6.92 Å². The zero-order valence-electron chi connectivity index (χ0n) is 11.0. The first-order valence-electron chi connectivity index (χ1n) is 5.98. The standard InChI is InChI=1S/C13H18N2O3/c1-4-5-8-14(3)13(16)11-6-7-12(15(17)18)10(2)9-11/h6-7,9H,4-5,8H2,1-3H3. The number of hydrogen-bond donors (Lipinski definition) is 0. The van der Waals surface area contributed by atoms with E-state index in [0.29, 0.717) is 17.7 Å². The lowest BCUT2D eigenvalue weighted by atomic mass is 10.1. The normalized spacial score (nSPS) is 10.2. The van der Waals surface area contributed by atoms with Gasteiger partial charge in [0.25, 0.3) is 11.6 Å². The fourth-order valence-corrected chi connectivity index (χ4v) is 1.71. The highest BCUT2D eigenvalue weighted by molar-refractivity contribution is 5.94.